The molecule has 1 saturated carbocycles. The van der Waals surface area contributed by atoms with Crippen LogP contribution in [-0.4, -0.2) is 48.0 Å². The van der Waals surface area contributed by atoms with E-state index in [1.165, 1.54) is 28.6 Å². The molecule has 1 N–H and O–H groups in total. The molecule has 0 radical (unpaired) electrons. The van der Waals surface area contributed by atoms with Crippen LogP contribution >= 0.6 is 0 Å². The van der Waals surface area contributed by atoms with Gasteiger partial charge in [-0.05, 0) is 46.1 Å². The van der Waals surface area contributed by atoms with Gasteiger partial charge < -0.3 is 10.1 Å². The average molecular weight is 413 g/mol. The van der Waals surface area contributed by atoms with E-state index in [0.717, 1.165) is 0 Å². The zero-order valence-corrected chi connectivity index (χ0v) is 17.4. The van der Waals surface area contributed by atoms with Crippen LogP contribution in [0.15, 0.2) is 29.2 Å². The minimum atomic E-state index is -4.04. The predicted molar refractivity (Wildman–Crippen MR) is 103 cm³/mol. The molecule has 0 unspecified atom stereocenters. The van der Waals surface area contributed by atoms with Gasteiger partial charge in [0.25, 0.3) is 5.69 Å². The Labute approximate surface area is 165 Å². The summed E-state index contributed by atoms with van der Waals surface area (Å²) in [6, 6.07) is 4.77. The lowest BCUT2D eigenvalue weighted by atomic mass is 10.2. The quantitative estimate of drug-likeness (QED) is 0.565. The highest BCUT2D eigenvalue weighted by molar-refractivity contribution is 7.89. The van der Waals surface area contributed by atoms with Gasteiger partial charge in [-0.2, -0.15) is 4.31 Å². The Bertz CT molecular complexity index is 834. The van der Waals surface area contributed by atoms with Gasteiger partial charge in [-0.15, -0.1) is 0 Å². The Morgan fingerprint density at radius 2 is 1.96 bits per heavy atom. The van der Waals surface area contributed by atoms with E-state index in [0.29, 0.717) is 19.3 Å². The number of nitrogens with one attached hydrogen (secondary N) is 1. The van der Waals surface area contributed by atoms with Crippen LogP contribution in [-0.2, 0) is 14.8 Å². The number of nitrogens with zero attached hydrogens (tertiary/aromatic N) is 2. The van der Waals surface area contributed by atoms with E-state index in [9.17, 15) is 23.3 Å². The molecule has 0 heterocycles. The third-order valence-electron chi connectivity index (χ3n) is 4.49. The van der Waals surface area contributed by atoms with E-state index >= 15 is 0 Å². The number of sulfonamides is 1. The number of ether oxygens (including phenoxy) is 1. The average Bonchev–Trinajstić information content (AvgIpc) is 3.01. The van der Waals surface area contributed by atoms with Crippen molar-refractivity contribution in [1.82, 2.24) is 9.62 Å². The predicted octanol–water partition coefficient (Wildman–Crippen LogP) is 3.05. The lowest BCUT2D eigenvalue weighted by Crippen LogP contribution is -2.41. The number of carbonyl (C=O) groups excluding carboxylic acids is 1. The number of para-hydroxylation sites is 1. The van der Waals surface area contributed by atoms with Crippen LogP contribution in [0.3, 0.4) is 0 Å². The minimum absolute atomic E-state index is 0.179. The van der Waals surface area contributed by atoms with Gasteiger partial charge in [0.05, 0.1) is 4.92 Å². The highest BCUT2D eigenvalue weighted by atomic mass is 32.2. The Morgan fingerprint density at radius 3 is 2.54 bits per heavy atom. The molecule has 9 nitrogen and oxygen atoms in total. The van der Waals surface area contributed by atoms with E-state index in [2.05, 4.69) is 5.32 Å². The first-order valence-corrected chi connectivity index (χ1v) is 10.6. The fourth-order valence-electron chi connectivity index (χ4n) is 3.40. The molecular weight excluding hydrogens is 386 g/mol. The van der Waals surface area contributed by atoms with Gasteiger partial charge in [0.15, 0.2) is 4.90 Å². The molecule has 0 spiro atoms. The molecule has 2 atom stereocenters. The summed E-state index contributed by atoms with van der Waals surface area (Å²) in [6.45, 7) is 7.17. The van der Waals surface area contributed by atoms with Gasteiger partial charge in [0.1, 0.15) is 5.60 Å². The van der Waals surface area contributed by atoms with Crippen molar-refractivity contribution in [3.8, 4) is 0 Å². The van der Waals surface area contributed by atoms with Crippen molar-refractivity contribution < 1.29 is 22.9 Å². The third kappa shape index (κ3) is 5.20. The van der Waals surface area contributed by atoms with Gasteiger partial charge in [-0.3, -0.25) is 10.1 Å². The topological polar surface area (TPSA) is 119 Å². The maximum atomic E-state index is 13.1. The van der Waals surface area contributed by atoms with E-state index in [1.54, 1.807) is 27.7 Å². The second-order valence-corrected chi connectivity index (χ2v) is 9.60. The van der Waals surface area contributed by atoms with Crippen LogP contribution in [0.2, 0.25) is 0 Å². The molecule has 1 aliphatic rings. The van der Waals surface area contributed by atoms with Gasteiger partial charge in [0, 0.05) is 24.7 Å². The lowest BCUT2D eigenvalue weighted by Gasteiger charge is -2.27. The summed E-state index contributed by atoms with van der Waals surface area (Å²) >= 11 is 0. The van der Waals surface area contributed by atoms with Crippen LogP contribution < -0.4 is 5.32 Å². The number of benzene rings is 1. The molecule has 10 heteroatoms. The molecule has 1 aromatic carbocycles. The van der Waals surface area contributed by atoms with E-state index in [-0.39, 0.29) is 23.5 Å². The number of amides is 1. The molecule has 0 saturated heterocycles. The van der Waals surface area contributed by atoms with Gasteiger partial charge in [-0.1, -0.05) is 19.1 Å². The van der Waals surface area contributed by atoms with E-state index in [1.807, 2.05) is 0 Å². The Morgan fingerprint density at radius 1 is 1.32 bits per heavy atom. The highest BCUT2D eigenvalue weighted by Crippen LogP contribution is 2.32. The summed E-state index contributed by atoms with van der Waals surface area (Å²) in [5.74, 6) is 0. The van der Waals surface area contributed by atoms with E-state index in [4.69, 9.17) is 4.74 Å². The third-order valence-corrected chi connectivity index (χ3v) is 6.57. The number of carbonyl (C=O) groups is 1. The number of alkyl carbamates (subject to hydrolysis) is 1. The van der Waals surface area contributed by atoms with Crippen LogP contribution in [0.1, 0.15) is 47.0 Å². The Kier molecular flexibility index (Phi) is 6.66. The maximum Gasteiger partial charge on any atom is 0.407 e. The van der Waals surface area contributed by atoms with Crippen molar-refractivity contribution >= 4 is 21.8 Å². The van der Waals surface area contributed by atoms with Crippen LogP contribution in [0.5, 0.6) is 0 Å². The van der Waals surface area contributed by atoms with E-state index < -0.39 is 32.3 Å². The van der Waals surface area contributed by atoms with Crippen molar-refractivity contribution in [2.45, 2.75) is 69.5 Å². The smallest absolute Gasteiger partial charge is 0.407 e. The molecule has 0 aliphatic heterocycles. The standard InChI is InChI=1S/C18H27N3O6S/c1-5-20(28(25,26)16-9-7-6-8-15(16)21(23)24)14-11-10-13(12-14)19-17(22)27-18(2,3)4/h6-9,13-14H,5,10-12H2,1-4H3,(H,19,22)/t13-,14+/m0/s1. The number of hydrogen-bond acceptors (Lipinski definition) is 6. The van der Waals surface area contributed by atoms with Crippen LogP contribution in [0.25, 0.3) is 0 Å². The molecule has 156 valence electrons. The Hall–Kier alpha value is -2.20. The molecule has 1 aromatic rings. The zero-order valence-electron chi connectivity index (χ0n) is 16.5. The summed E-state index contributed by atoms with van der Waals surface area (Å²) in [5.41, 5.74) is -1.06. The second kappa shape index (κ2) is 8.44. The number of rotatable bonds is 6. The maximum absolute atomic E-state index is 13.1. The summed E-state index contributed by atoms with van der Waals surface area (Å²) in [5, 5.41) is 14.0. The second-order valence-electron chi connectivity index (χ2n) is 7.74. The molecule has 1 fully saturated rings. The van der Waals surface area contributed by atoms with Crippen molar-refractivity contribution in [2.75, 3.05) is 6.54 Å². The molecule has 1 amide bonds. The first-order chi connectivity index (χ1) is 13.0. The molecule has 2 rings (SSSR count). The molecule has 1 aliphatic carbocycles. The summed E-state index contributed by atoms with van der Waals surface area (Å²) in [4.78, 5) is 22.2. The normalized spacial score (nSPS) is 20.2. The summed E-state index contributed by atoms with van der Waals surface area (Å²) in [7, 11) is -4.04. The van der Waals surface area contributed by atoms with Crippen LogP contribution in [0.4, 0.5) is 10.5 Å². The van der Waals surface area contributed by atoms with Crippen molar-refractivity contribution in [3.05, 3.63) is 34.4 Å². The molecule has 0 aromatic heterocycles. The highest BCUT2D eigenvalue weighted by Gasteiger charge is 2.39. The van der Waals surface area contributed by atoms with Gasteiger partial charge in [-0.25, -0.2) is 13.2 Å². The van der Waals surface area contributed by atoms with Crippen molar-refractivity contribution in [2.24, 2.45) is 0 Å². The fourth-order valence-corrected chi connectivity index (χ4v) is 5.24. The number of nitro benzene ring substituents is 1. The van der Waals surface area contributed by atoms with Gasteiger partial charge >= 0.3 is 6.09 Å². The Balaban J connectivity index is 2.16. The first-order valence-electron chi connectivity index (χ1n) is 9.20. The minimum Gasteiger partial charge on any atom is -0.444 e. The SMILES string of the molecule is CCN([C@@H]1CC[C@H](NC(=O)OC(C)(C)C)C1)S(=O)(=O)c1ccccc1[N+](=O)[O-]. The van der Waals surface area contributed by atoms with Crippen molar-refractivity contribution in [3.63, 3.8) is 0 Å². The van der Waals surface area contributed by atoms with Crippen LogP contribution in [0, 0.1) is 10.1 Å². The molecular formula is C18H27N3O6S. The molecule has 28 heavy (non-hydrogen) atoms. The summed E-state index contributed by atoms with van der Waals surface area (Å²) < 4.78 is 32.7. The number of hydrogen-bond donors (Lipinski definition) is 1. The van der Waals surface area contributed by atoms with Crippen molar-refractivity contribution in [1.29, 1.82) is 0 Å². The fraction of sp³-hybridized carbons (Fsp3) is 0.611. The number of nitro groups is 1. The lowest BCUT2D eigenvalue weighted by molar-refractivity contribution is -0.387. The first kappa shape index (κ1) is 22.1. The largest absolute Gasteiger partial charge is 0.444 e. The summed E-state index contributed by atoms with van der Waals surface area (Å²) in [6.07, 6.45) is 1.04. The zero-order chi connectivity index (χ0) is 21.1. The van der Waals surface area contributed by atoms with Gasteiger partial charge in [0.2, 0.25) is 10.0 Å². The monoisotopic (exact) mass is 413 g/mol. The molecule has 0 bridgehead atoms.